The van der Waals surface area contributed by atoms with Gasteiger partial charge in [0.2, 0.25) is 6.29 Å². The quantitative estimate of drug-likeness (QED) is 0.523. The smallest absolute Gasteiger partial charge is 0.326 e. The van der Waals surface area contributed by atoms with Gasteiger partial charge in [-0.25, -0.2) is 0 Å². The first-order chi connectivity index (χ1) is 7.73. The molecule has 0 bridgehead atoms. The van der Waals surface area contributed by atoms with Crippen molar-refractivity contribution in [1.29, 1.82) is 0 Å². The van der Waals surface area contributed by atoms with Crippen LogP contribution in [0.25, 0.3) is 0 Å². The van der Waals surface area contributed by atoms with E-state index in [0.29, 0.717) is 12.3 Å². The number of carbonyl (C=O) groups excluding carboxylic acids is 2. The van der Waals surface area contributed by atoms with Crippen LogP contribution in [0.3, 0.4) is 0 Å². The molecule has 0 rings (SSSR count). The molecule has 5 nitrogen and oxygen atoms in total. The zero-order chi connectivity index (χ0) is 13.6. The van der Waals surface area contributed by atoms with Gasteiger partial charge < -0.3 is 9.47 Å². The normalized spacial score (nSPS) is 14.6. The SMILES string of the molecule is CC(=O)OC(C)OC(=O)C(CC(C)C)N(C)C. The molecule has 0 N–H and O–H groups in total. The third-order valence-corrected chi connectivity index (χ3v) is 2.20. The standard InChI is InChI=1S/C12H23NO4/c1-8(2)7-11(13(5)6)12(15)17-10(4)16-9(3)14/h8,10-11H,7H2,1-6H3. The molecule has 0 heterocycles. The Labute approximate surface area is 103 Å². The van der Waals surface area contributed by atoms with Crippen LogP contribution in [0.15, 0.2) is 0 Å². The second-order valence-electron chi connectivity index (χ2n) is 4.72. The monoisotopic (exact) mass is 245 g/mol. The van der Waals surface area contributed by atoms with E-state index in [-0.39, 0.29) is 12.0 Å². The number of nitrogens with zero attached hydrogens (tertiary/aromatic N) is 1. The Morgan fingerprint density at radius 1 is 1.12 bits per heavy atom. The molecule has 0 fully saturated rings. The number of esters is 2. The van der Waals surface area contributed by atoms with E-state index in [2.05, 4.69) is 0 Å². The zero-order valence-electron chi connectivity index (χ0n) is 11.5. The minimum absolute atomic E-state index is 0.312. The molecule has 0 aliphatic rings. The van der Waals surface area contributed by atoms with Gasteiger partial charge in [-0.2, -0.15) is 0 Å². The van der Waals surface area contributed by atoms with Gasteiger partial charge in [-0.1, -0.05) is 13.8 Å². The van der Waals surface area contributed by atoms with Crippen molar-refractivity contribution < 1.29 is 19.1 Å². The maximum Gasteiger partial charge on any atom is 0.326 e. The van der Waals surface area contributed by atoms with Crippen LogP contribution in [-0.2, 0) is 19.1 Å². The van der Waals surface area contributed by atoms with Gasteiger partial charge in [0, 0.05) is 13.8 Å². The Morgan fingerprint density at radius 2 is 1.65 bits per heavy atom. The molecule has 0 amide bonds. The molecular weight excluding hydrogens is 222 g/mol. The summed E-state index contributed by atoms with van der Waals surface area (Å²) in [5, 5.41) is 0. The molecule has 0 aliphatic carbocycles. The van der Waals surface area contributed by atoms with Crippen molar-refractivity contribution in [3.05, 3.63) is 0 Å². The Hall–Kier alpha value is -1.10. The largest absolute Gasteiger partial charge is 0.426 e. The summed E-state index contributed by atoms with van der Waals surface area (Å²) in [5.41, 5.74) is 0. The van der Waals surface area contributed by atoms with Crippen molar-refractivity contribution in [3.63, 3.8) is 0 Å². The fourth-order valence-electron chi connectivity index (χ4n) is 1.46. The molecule has 0 aliphatic heterocycles. The first kappa shape index (κ1) is 15.9. The maximum absolute atomic E-state index is 11.9. The van der Waals surface area contributed by atoms with Gasteiger partial charge in [0.1, 0.15) is 6.04 Å². The third-order valence-electron chi connectivity index (χ3n) is 2.20. The number of ether oxygens (including phenoxy) is 2. The molecule has 2 atom stereocenters. The topological polar surface area (TPSA) is 55.8 Å². The summed E-state index contributed by atoms with van der Waals surface area (Å²) in [6.07, 6.45) is -0.131. The van der Waals surface area contributed by atoms with Crippen LogP contribution < -0.4 is 0 Å². The summed E-state index contributed by atoms with van der Waals surface area (Å²) < 4.78 is 9.82. The molecule has 0 saturated carbocycles. The summed E-state index contributed by atoms with van der Waals surface area (Å²) in [6.45, 7) is 6.89. The van der Waals surface area contributed by atoms with Crippen LogP contribution in [-0.4, -0.2) is 43.3 Å². The van der Waals surface area contributed by atoms with Crippen LogP contribution in [0.5, 0.6) is 0 Å². The number of likely N-dealkylation sites (N-methyl/N-ethyl adjacent to an activating group) is 1. The number of carbonyl (C=O) groups is 2. The maximum atomic E-state index is 11.9. The average molecular weight is 245 g/mol. The number of hydrogen-bond acceptors (Lipinski definition) is 5. The molecule has 0 aromatic rings. The Kier molecular flexibility index (Phi) is 6.80. The molecular formula is C12H23NO4. The van der Waals surface area contributed by atoms with E-state index in [1.54, 1.807) is 0 Å². The summed E-state index contributed by atoms with van der Waals surface area (Å²) in [5.74, 6) is -0.438. The molecule has 5 heteroatoms. The second kappa shape index (κ2) is 7.27. The molecule has 100 valence electrons. The highest BCUT2D eigenvalue weighted by molar-refractivity contribution is 5.76. The Morgan fingerprint density at radius 3 is 2.00 bits per heavy atom. The molecule has 0 spiro atoms. The molecule has 0 saturated heterocycles. The summed E-state index contributed by atoms with van der Waals surface area (Å²) in [4.78, 5) is 24.4. The summed E-state index contributed by atoms with van der Waals surface area (Å²) in [6, 6.07) is -0.312. The number of rotatable bonds is 6. The Balaban J connectivity index is 4.37. The highest BCUT2D eigenvalue weighted by Crippen LogP contribution is 2.12. The van der Waals surface area contributed by atoms with Crippen LogP contribution in [0.2, 0.25) is 0 Å². The van der Waals surface area contributed by atoms with E-state index in [1.807, 2.05) is 32.8 Å². The van der Waals surface area contributed by atoms with Crippen LogP contribution >= 0.6 is 0 Å². The second-order valence-corrected chi connectivity index (χ2v) is 4.72. The van der Waals surface area contributed by atoms with E-state index in [1.165, 1.54) is 13.8 Å². The predicted octanol–water partition coefficient (Wildman–Crippen LogP) is 1.41. The molecule has 0 aromatic carbocycles. The third kappa shape index (κ3) is 6.94. The van der Waals surface area contributed by atoms with Gasteiger partial charge in [0.05, 0.1) is 0 Å². The van der Waals surface area contributed by atoms with Crippen LogP contribution in [0, 0.1) is 5.92 Å². The van der Waals surface area contributed by atoms with Crippen LogP contribution in [0.1, 0.15) is 34.1 Å². The highest BCUT2D eigenvalue weighted by atomic mass is 16.7. The van der Waals surface area contributed by atoms with Crippen LogP contribution in [0.4, 0.5) is 0 Å². The fourth-order valence-corrected chi connectivity index (χ4v) is 1.46. The molecule has 0 radical (unpaired) electrons. The molecule has 17 heavy (non-hydrogen) atoms. The lowest BCUT2D eigenvalue weighted by Gasteiger charge is -2.25. The molecule has 2 unspecified atom stereocenters. The first-order valence-electron chi connectivity index (χ1n) is 5.78. The minimum atomic E-state index is -0.838. The van der Waals surface area contributed by atoms with E-state index < -0.39 is 12.3 Å². The van der Waals surface area contributed by atoms with Crippen molar-refractivity contribution in [2.45, 2.75) is 46.4 Å². The van der Waals surface area contributed by atoms with Gasteiger partial charge in [-0.15, -0.1) is 0 Å². The van der Waals surface area contributed by atoms with Gasteiger partial charge in [0.15, 0.2) is 0 Å². The Bertz CT molecular complexity index is 263. The average Bonchev–Trinajstić information content (AvgIpc) is 2.11. The first-order valence-corrected chi connectivity index (χ1v) is 5.78. The van der Waals surface area contributed by atoms with Gasteiger partial charge >= 0.3 is 11.9 Å². The fraction of sp³-hybridized carbons (Fsp3) is 0.833. The van der Waals surface area contributed by atoms with Crippen molar-refractivity contribution in [2.24, 2.45) is 5.92 Å². The van der Waals surface area contributed by atoms with E-state index in [4.69, 9.17) is 9.47 Å². The van der Waals surface area contributed by atoms with Crippen molar-refractivity contribution in [2.75, 3.05) is 14.1 Å². The van der Waals surface area contributed by atoms with Crippen molar-refractivity contribution in [1.82, 2.24) is 4.90 Å². The lowest BCUT2D eigenvalue weighted by molar-refractivity contribution is -0.186. The van der Waals surface area contributed by atoms with Crippen molar-refractivity contribution in [3.8, 4) is 0 Å². The van der Waals surface area contributed by atoms with Gasteiger partial charge in [0.25, 0.3) is 0 Å². The highest BCUT2D eigenvalue weighted by Gasteiger charge is 2.25. The van der Waals surface area contributed by atoms with E-state index in [0.717, 1.165) is 0 Å². The summed E-state index contributed by atoms with van der Waals surface area (Å²) >= 11 is 0. The number of hydrogen-bond donors (Lipinski definition) is 0. The minimum Gasteiger partial charge on any atom is -0.426 e. The van der Waals surface area contributed by atoms with E-state index >= 15 is 0 Å². The van der Waals surface area contributed by atoms with Crippen molar-refractivity contribution >= 4 is 11.9 Å². The van der Waals surface area contributed by atoms with E-state index in [9.17, 15) is 9.59 Å². The lowest BCUT2D eigenvalue weighted by atomic mass is 10.0. The lowest BCUT2D eigenvalue weighted by Crippen LogP contribution is -2.40. The zero-order valence-corrected chi connectivity index (χ0v) is 11.5. The molecule has 0 aromatic heterocycles. The predicted molar refractivity (Wildman–Crippen MR) is 64.3 cm³/mol. The van der Waals surface area contributed by atoms with Gasteiger partial charge in [-0.3, -0.25) is 14.5 Å². The van der Waals surface area contributed by atoms with Gasteiger partial charge in [-0.05, 0) is 26.4 Å². The summed E-state index contributed by atoms with van der Waals surface area (Å²) in [7, 11) is 3.65.